The minimum Gasteiger partial charge on any atom is -0.481 e. The second kappa shape index (κ2) is 7.75. The summed E-state index contributed by atoms with van der Waals surface area (Å²) in [6.45, 7) is 5.46. The molecule has 3 heterocycles. The third-order valence-corrected chi connectivity index (χ3v) is 6.15. The van der Waals surface area contributed by atoms with Crippen molar-refractivity contribution in [2.24, 2.45) is 18.9 Å². The average molecular weight is 379 g/mol. The Balaban J connectivity index is 1.72. The first-order valence-electron chi connectivity index (χ1n) is 8.93. The first-order valence-corrected chi connectivity index (χ1v) is 9.75. The highest BCUT2D eigenvalue weighted by molar-refractivity contribution is 7.20. The van der Waals surface area contributed by atoms with Gasteiger partial charge in [-0.15, -0.1) is 11.3 Å². The smallest absolute Gasteiger partial charge is 0.308 e. The number of rotatable bonds is 6. The number of carbonyl (C=O) groups is 2. The van der Waals surface area contributed by atoms with Gasteiger partial charge in [-0.25, -0.2) is 0 Å². The Morgan fingerprint density at radius 3 is 2.73 bits per heavy atom. The van der Waals surface area contributed by atoms with Gasteiger partial charge < -0.3 is 15.2 Å². The summed E-state index contributed by atoms with van der Waals surface area (Å²) in [7, 11) is 1.87. The zero-order valence-electron chi connectivity index (χ0n) is 15.3. The summed E-state index contributed by atoms with van der Waals surface area (Å²) in [6, 6.07) is 1.86. The Morgan fingerprint density at radius 2 is 2.12 bits per heavy atom. The maximum atomic E-state index is 12.6. The van der Waals surface area contributed by atoms with E-state index in [1.54, 1.807) is 4.68 Å². The summed E-state index contributed by atoms with van der Waals surface area (Å²) in [5.74, 6) is -1.35. The molecule has 8 heteroatoms. The van der Waals surface area contributed by atoms with Crippen LogP contribution >= 0.6 is 11.3 Å². The van der Waals surface area contributed by atoms with E-state index in [2.05, 4.69) is 24.3 Å². The molecule has 1 atom stereocenters. The molecule has 2 aromatic rings. The third-order valence-electron chi connectivity index (χ3n) is 4.95. The molecule has 1 aliphatic heterocycles. The zero-order chi connectivity index (χ0) is 18.8. The normalized spacial score (nSPS) is 16.9. The Kier molecular flexibility index (Phi) is 5.62. The predicted molar refractivity (Wildman–Crippen MR) is 99.7 cm³/mol. The van der Waals surface area contributed by atoms with Crippen molar-refractivity contribution >= 4 is 33.4 Å². The number of amides is 1. The van der Waals surface area contributed by atoms with E-state index in [-0.39, 0.29) is 24.3 Å². The number of fused-ring (bicyclic) bond motifs is 1. The molecule has 2 aromatic heterocycles. The van der Waals surface area contributed by atoms with Crippen molar-refractivity contribution < 1.29 is 19.4 Å². The molecule has 0 saturated carbocycles. The molecule has 1 fully saturated rings. The second-order valence-corrected chi connectivity index (χ2v) is 8.13. The van der Waals surface area contributed by atoms with Crippen LogP contribution in [0.5, 0.6) is 0 Å². The standard InChI is InChI=1S/C18H25N3O4S/c1-10(2)15-12-8-14(26-17(12)21(3)20-15)16(22)19-9-13(18(23)24)11-4-6-25-7-5-11/h8,10-11,13H,4-7,9H2,1-3H3,(H,19,22)(H,23,24). The molecule has 0 aliphatic carbocycles. The first kappa shape index (κ1) is 18.8. The summed E-state index contributed by atoms with van der Waals surface area (Å²) in [6.07, 6.45) is 1.44. The van der Waals surface area contributed by atoms with Crippen LogP contribution in [0.15, 0.2) is 6.07 Å². The van der Waals surface area contributed by atoms with Gasteiger partial charge in [0.2, 0.25) is 0 Å². The van der Waals surface area contributed by atoms with Crippen LogP contribution in [0.2, 0.25) is 0 Å². The van der Waals surface area contributed by atoms with Crippen LogP contribution in [0.4, 0.5) is 0 Å². The summed E-state index contributed by atoms with van der Waals surface area (Å²) in [4.78, 5) is 25.7. The van der Waals surface area contributed by atoms with Crippen molar-refractivity contribution in [1.29, 1.82) is 0 Å². The zero-order valence-corrected chi connectivity index (χ0v) is 16.1. The SMILES string of the molecule is CC(C)c1nn(C)c2sc(C(=O)NCC(C(=O)O)C3CCOCC3)cc12. The molecule has 1 amide bonds. The number of ether oxygens (including phenoxy) is 1. The van der Waals surface area contributed by atoms with Crippen molar-refractivity contribution in [3.63, 3.8) is 0 Å². The summed E-state index contributed by atoms with van der Waals surface area (Å²) in [5.41, 5.74) is 0.975. The molecule has 26 heavy (non-hydrogen) atoms. The molecule has 0 bridgehead atoms. The van der Waals surface area contributed by atoms with Crippen molar-refractivity contribution in [2.75, 3.05) is 19.8 Å². The molecular weight excluding hydrogens is 354 g/mol. The van der Waals surface area contributed by atoms with Gasteiger partial charge in [-0.05, 0) is 30.7 Å². The molecule has 0 spiro atoms. The quantitative estimate of drug-likeness (QED) is 0.805. The molecule has 7 nitrogen and oxygen atoms in total. The fraction of sp³-hybridized carbons (Fsp3) is 0.611. The van der Waals surface area contributed by atoms with Crippen LogP contribution in [0.3, 0.4) is 0 Å². The summed E-state index contributed by atoms with van der Waals surface area (Å²) in [5, 5.41) is 17.9. The molecular formula is C18H25N3O4S. The van der Waals surface area contributed by atoms with Crippen molar-refractivity contribution in [3.8, 4) is 0 Å². The maximum Gasteiger partial charge on any atom is 0.308 e. The van der Waals surface area contributed by atoms with Crippen LogP contribution in [0.1, 0.15) is 48.0 Å². The van der Waals surface area contributed by atoms with E-state index >= 15 is 0 Å². The van der Waals surface area contributed by atoms with E-state index in [1.165, 1.54) is 11.3 Å². The lowest BCUT2D eigenvalue weighted by Gasteiger charge is -2.27. The molecule has 1 saturated heterocycles. The number of aryl methyl sites for hydroxylation is 1. The number of carbonyl (C=O) groups excluding carboxylic acids is 1. The van der Waals surface area contributed by atoms with Crippen molar-refractivity contribution in [2.45, 2.75) is 32.6 Å². The van der Waals surface area contributed by atoms with Gasteiger partial charge in [-0.1, -0.05) is 13.8 Å². The number of nitrogens with zero attached hydrogens (tertiary/aromatic N) is 2. The van der Waals surface area contributed by atoms with Crippen LogP contribution in [0, 0.1) is 11.8 Å². The number of carboxylic acids is 1. The first-order chi connectivity index (χ1) is 12.4. The van der Waals surface area contributed by atoms with E-state index in [0.29, 0.717) is 18.1 Å². The van der Waals surface area contributed by atoms with Crippen LogP contribution in [0.25, 0.3) is 10.2 Å². The summed E-state index contributed by atoms with van der Waals surface area (Å²) < 4.78 is 7.10. The minimum atomic E-state index is -0.861. The fourth-order valence-corrected chi connectivity index (χ4v) is 4.46. The lowest BCUT2D eigenvalue weighted by atomic mass is 9.86. The van der Waals surface area contributed by atoms with Gasteiger partial charge in [0, 0.05) is 32.2 Å². The van der Waals surface area contributed by atoms with E-state index < -0.39 is 11.9 Å². The lowest BCUT2D eigenvalue weighted by Crippen LogP contribution is -2.38. The average Bonchev–Trinajstić information content (AvgIpc) is 3.16. The van der Waals surface area contributed by atoms with Crippen LogP contribution < -0.4 is 5.32 Å². The second-order valence-electron chi connectivity index (χ2n) is 7.10. The molecule has 1 unspecified atom stereocenters. The number of hydrogen-bond donors (Lipinski definition) is 2. The Bertz CT molecular complexity index is 805. The topological polar surface area (TPSA) is 93.5 Å². The van der Waals surface area contributed by atoms with E-state index in [9.17, 15) is 14.7 Å². The molecule has 0 aromatic carbocycles. The minimum absolute atomic E-state index is 0.0423. The molecule has 142 valence electrons. The number of aliphatic carboxylic acids is 1. The fourth-order valence-electron chi connectivity index (χ4n) is 3.47. The van der Waals surface area contributed by atoms with Gasteiger partial charge in [0.1, 0.15) is 4.83 Å². The molecule has 0 radical (unpaired) electrons. The number of nitrogens with one attached hydrogen (secondary N) is 1. The lowest BCUT2D eigenvalue weighted by molar-refractivity contribution is -0.144. The van der Waals surface area contributed by atoms with Gasteiger partial charge in [-0.2, -0.15) is 5.10 Å². The van der Waals surface area contributed by atoms with Gasteiger partial charge >= 0.3 is 5.97 Å². The molecule has 2 N–H and O–H groups in total. The predicted octanol–water partition coefficient (Wildman–Crippen LogP) is 2.62. The number of hydrogen-bond acceptors (Lipinski definition) is 5. The van der Waals surface area contributed by atoms with Gasteiger partial charge in [0.05, 0.1) is 16.5 Å². The highest BCUT2D eigenvalue weighted by atomic mass is 32.1. The maximum absolute atomic E-state index is 12.6. The highest BCUT2D eigenvalue weighted by Gasteiger charge is 2.30. The van der Waals surface area contributed by atoms with E-state index in [4.69, 9.17) is 4.74 Å². The number of thiophene rings is 1. The van der Waals surface area contributed by atoms with Crippen molar-refractivity contribution in [1.82, 2.24) is 15.1 Å². The Morgan fingerprint density at radius 1 is 1.42 bits per heavy atom. The van der Waals surface area contributed by atoms with E-state index in [1.807, 2.05) is 13.1 Å². The number of carboxylic acid groups (broad SMARTS) is 1. The van der Waals surface area contributed by atoms with Gasteiger partial charge in [-0.3, -0.25) is 14.3 Å². The van der Waals surface area contributed by atoms with Crippen LogP contribution in [-0.4, -0.2) is 46.5 Å². The molecule has 1 aliphatic rings. The largest absolute Gasteiger partial charge is 0.481 e. The van der Waals surface area contributed by atoms with Gasteiger partial charge in [0.15, 0.2) is 0 Å². The van der Waals surface area contributed by atoms with E-state index in [0.717, 1.165) is 28.8 Å². The van der Waals surface area contributed by atoms with Crippen LogP contribution in [-0.2, 0) is 16.6 Å². The van der Waals surface area contributed by atoms with Gasteiger partial charge in [0.25, 0.3) is 5.91 Å². The monoisotopic (exact) mass is 379 g/mol. The Hall–Kier alpha value is -1.93. The third kappa shape index (κ3) is 3.76. The highest BCUT2D eigenvalue weighted by Crippen LogP contribution is 2.31. The molecule has 3 rings (SSSR count). The summed E-state index contributed by atoms with van der Waals surface area (Å²) >= 11 is 1.39. The van der Waals surface area contributed by atoms with Crippen molar-refractivity contribution in [3.05, 3.63) is 16.6 Å². The Labute approximate surface area is 156 Å². The number of aromatic nitrogens is 2.